The number of rotatable bonds is 5. The molecule has 1 aromatic rings. The van der Waals surface area contributed by atoms with Crippen LogP contribution in [-0.2, 0) is 10.0 Å². The highest BCUT2D eigenvalue weighted by atomic mass is 35.5. The van der Waals surface area contributed by atoms with Gasteiger partial charge in [-0.1, -0.05) is 30.5 Å². The molecule has 5 nitrogen and oxygen atoms in total. The molecule has 1 saturated carbocycles. The lowest BCUT2D eigenvalue weighted by molar-refractivity contribution is 0.405. The lowest BCUT2D eigenvalue weighted by Crippen LogP contribution is -2.44. The highest BCUT2D eigenvalue weighted by Gasteiger charge is 2.29. The van der Waals surface area contributed by atoms with E-state index < -0.39 is 10.0 Å². The number of nitrogens with two attached hydrogens (primary N) is 1. The summed E-state index contributed by atoms with van der Waals surface area (Å²) >= 11 is 5.89. The Morgan fingerprint density at radius 3 is 2.59 bits per heavy atom. The Morgan fingerprint density at radius 2 is 2.05 bits per heavy atom. The summed E-state index contributed by atoms with van der Waals surface area (Å²) in [6.07, 6.45) is 4.16. The number of nitrogens with one attached hydrogen (secondary N) is 1. The third-order valence-corrected chi connectivity index (χ3v) is 5.75. The first-order valence-electron chi connectivity index (χ1n) is 6.90. The fourth-order valence-corrected chi connectivity index (χ4v) is 4.57. The van der Waals surface area contributed by atoms with Crippen LogP contribution in [0.5, 0.6) is 0 Å². The topological polar surface area (TPSA) is 96.0 Å². The number of hydrogen-bond acceptors (Lipinski definition) is 4. The van der Waals surface area contributed by atoms with Crippen molar-refractivity contribution >= 4 is 34.0 Å². The molecule has 0 saturated heterocycles. The minimum Gasteiger partial charge on any atom is -0.329 e. The number of halogens is 2. The zero-order valence-corrected chi connectivity index (χ0v) is 14.3. The Kier molecular flexibility index (Phi) is 7.10. The standard InChI is InChI=1S/C14H18ClN3O2S.ClH/c15-12-6-3-7-14(11(12)8-16)21(19,20)18-13(9-17)10-4-1-2-5-10;/h3,6-7,10,13,18H,1-2,4-5,9,17H2;1H. The summed E-state index contributed by atoms with van der Waals surface area (Å²) in [7, 11) is -3.81. The molecular weight excluding hydrogens is 345 g/mol. The van der Waals surface area contributed by atoms with E-state index in [4.69, 9.17) is 22.6 Å². The quantitative estimate of drug-likeness (QED) is 0.839. The van der Waals surface area contributed by atoms with Crippen LogP contribution in [0.1, 0.15) is 31.2 Å². The summed E-state index contributed by atoms with van der Waals surface area (Å²) in [4.78, 5) is -0.0889. The van der Waals surface area contributed by atoms with Gasteiger partial charge in [-0.3, -0.25) is 0 Å². The molecule has 0 amide bonds. The molecule has 0 aliphatic heterocycles. The monoisotopic (exact) mass is 363 g/mol. The van der Waals surface area contributed by atoms with Crippen LogP contribution >= 0.6 is 24.0 Å². The molecule has 1 aliphatic rings. The van der Waals surface area contributed by atoms with Gasteiger partial charge in [-0.25, -0.2) is 13.1 Å². The smallest absolute Gasteiger partial charge is 0.242 e. The molecule has 1 unspecified atom stereocenters. The van der Waals surface area contributed by atoms with Crippen LogP contribution in [0.15, 0.2) is 23.1 Å². The number of nitrogens with zero attached hydrogens (tertiary/aromatic N) is 1. The van der Waals surface area contributed by atoms with E-state index in [2.05, 4.69) is 4.72 Å². The fourth-order valence-electron chi connectivity index (χ4n) is 2.80. The second-order valence-electron chi connectivity index (χ2n) is 5.23. The Hall–Kier alpha value is -0.840. The predicted octanol–water partition coefficient (Wildman–Crippen LogP) is 2.43. The zero-order valence-electron chi connectivity index (χ0n) is 12.0. The van der Waals surface area contributed by atoms with Gasteiger partial charge in [0.05, 0.1) is 10.6 Å². The van der Waals surface area contributed by atoms with Gasteiger partial charge in [-0.15, -0.1) is 12.4 Å². The third-order valence-electron chi connectivity index (χ3n) is 3.91. The average Bonchev–Trinajstić information content (AvgIpc) is 2.98. The molecule has 1 atom stereocenters. The Balaban J connectivity index is 0.00000242. The largest absolute Gasteiger partial charge is 0.329 e. The molecule has 8 heteroatoms. The van der Waals surface area contributed by atoms with E-state index in [9.17, 15) is 8.42 Å². The maximum atomic E-state index is 12.5. The normalized spacial score (nSPS) is 16.8. The number of benzene rings is 1. The van der Waals surface area contributed by atoms with Gasteiger partial charge in [0, 0.05) is 12.6 Å². The molecule has 22 heavy (non-hydrogen) atoms. The minimum absolute atomic E-state index is 0. The number of hydrogen-bond donors (Lipinski definition) is 2. The lowest BCUT2D eigenvalue weighted by atomic mass is 9.99. The molecule has 0 radical (unpaired) electrons. The van der Waals surface area contributed by atoms with Crippen LogP contribution in [0.4, 0.5) is 0 Å². The van der Waals surface area contributed by atoms with E-state index in [0.717, 1.165) is 25.7 Å². The Morgan fingerprint density at radius 1 is 1.41 bits per heavy atom. The van der Waals surface area contributed by atoms with E-state index in [0.29, 0.717) is 0 Å². The van der Waals surface area contributed by atoms with Crippen molar-refractivity contribution in [2.45, 2.75) is 36.6 Å². The van der Waals surface area contributed by atoms with Gasteiger partial charge >= 0.3 is 0 Å². The van der Waals surface area contributed by atoms with Crippen LogP contribution in [-0.4, -0.2) is 21.0 Å². The van der Waals surface area contributed by atoms with Gasteiger partial charge in [-0.05, 0) is 30.9 Å². The third kappa shape index (κ3) is 4.12. The van der Waals surface area contributed by atoms with Crippen molar-refractivity contribution in [3.63, 3.8) is 0 Å². The SMILES string of the molecule is Cl.N#Cc1c(Cl)cccc1S(=O)(=O)NC(CN)C1CCCC1. The van der Waals surface area contributed by atoms with Crippen molar-refractivity contribution in [1.82, 2.24) is 4.72 Å². The summed E-state index contributed by atoms with van der Waals surface area (Å²) in [6.45, 7) is 0.242. The molecule has 1 fully saturated rings. The van der Waals surface area contributed by atoms with Gasteiger partial charge in [0.2, 0.25) is 10.0 Å². The summed E-state index contributed by atoms with van der Waals surface area (Å²) in [5, 5.41) is 9.24. The molecular formula is C14H19Cl2N3O2S. The molecule has 0 spiro atoms. The first kappa shape index (κ1) is 19.2. The van der Waals surface area contributed by atoms with Crippen LogP contribution in [0, 0.1) is 17.2 Å². The highest BCUT2D eigenvalue weighted by molar-refractivity contribution is 7.89. The van der Waals surface area contributed by atoms with Crippen LogP contribution in [0.25, 0.3) is 0 Å². The maximum absolute atomic E-state index is 12.5. The van der Waals surface area contributed by atoms with Gasteiger partial charge in [0.1, 0.15) is 11.0 Å². The molecule has 1 aromatic carbocycles. The molecule has 1 aliphatic carbocycles. The average molecular weight is 364 g/mol. The van der Waals surface area contributed by atoms with Gasteiger partial charge < -0.3 is 5.73 Å². The first-order chi connectivity index (χ1) is 9.99. The fraction of sp³-hybridized carbons (Fsp3) is 0.500. The second kappa shape index (κ2) is 8.14. The van der Waals surface area contributed by atoms with Crippen LogP contribution < -0.4 is 10.5 Å². The molecule has 0 bridgehead atoms. The number of sulfonamides is 1. The molecule has 122 valence electrons. The van der Waals surface area contributed by atoms with Crippen molar-refractivity contribution in [3.05, 3.63) is 28.8 Å². The van der Waals surface area contributed by atoms with Crippen LogP contribution in [0.2, 0.25) is 5.02 Å². The summed E-state index contributed by atoms with van der Waals surface area (Å²) < 4.78 is 27.7. The van der Waals surface area contributed by atoms with E-state index in [-0.39, 0.29) is 46.4 Å². The van der Waals surface area contributed by atoms with E-state index in [1.165, 1.54) is 18.2 Å². The van der Waals surface area contributed by atoms with Crippen molar-refractivity contribution in [2.75, 3.05) is 6.54 Å². The maximum Gasteiger partial charge on any atom is 0.242 e. The van der Waals surface area contributed by atoms with E-state index in [1.54, 1.807) is 0 Å². The van der Waals surface area contributed by atoms with Crippen molar-refractivity contribution in [3.8, 4) is 6.07 Å². The van der Waals surface area contributed by atoms with Gasteiger partial charge in [0.25, 0.3) is 0 Å². The molecule has 2 rings (SSSR count). The predicted molar refractivity (Wildman–Crippen MR) is 88.5 cm³/mol. The highest BCUT2D eigenvalue weighted by Crippen LogP contribution is 2.29. The van der Waals surface area contributed by atoms with Crippen molar-refractivity contribution in [1.29, 1.82) is 5.26 Å². The molecule has 0 aromatic heterocycles. The lowest BCUT2D eigenvalue weighted by Gasteiger charge is -2.23. The van der Waals surface area contributed by atoms with Gasteiger partial charge in [-0.2, -0.15) is 5.26 Å². The van der Waals surface area contributed by atoms with E-state index in [1.807, 2.05) is 6.07 Å². The van der Waals surface area contributed by atoms with Crippen LogP contribution in [0.3, 0.4) is 0 Å². The minimum atomic E-state index is -3.81. The molecule has 3 N–H and O–H groups in total. The first-order valence-corrected chi connectivity index (χ1v) is 8.76. The van der Waals surface area contributed by atoms with Crippen molar-refractivity contribution in [2.24, 2.45) is 11.7 Å². The summed E-state index contributed by atoms with van der Waals surface area (Å²) in [6, 6.07) is 5.94. The summed E-state index contributed by atoms with van der Waals surface area (Å²) in [5.41, 5.74) is 5.69. The van der Waals surface area contributed by atoms with E-state index >= 15 is 0 Å². The Labute approximate surface area is 142 Å². The van der Waals surface area contributed by atoms with Gasteiger partial charge in [0.15, 0.2) is 0 Å². The molecule has 0 heterocycles. The second-order valence-corrected chi connectivity index (χ2v) is 7.32. The van der Waals surface area contributed by atoms with Crippen molar-refractivity contribution < 1.29 is 8.42 Å². The zero-order chi connectivity index (χ0) is 15.5. The Bertz CT molecular complexity index is 653. The summed E-state index contributed by atoms with van der Waals surface area (Å²) in [5.74, 6) is 0.259. The number of nitriles is 1.